The third kappa shape index (κ3) is 4.33. The molecule has 0 amide bonds. The molecular weight excluding hydrogens is 370 g/mol. The third-order valence-corrected chi connectivity index (χ3v) is 5.38. The van der Waals surface area contributed by atoms with Crippen molar-refractivity contribution in [2.45, 2.75) is 26.2 Å². The molecule has 0 radical (unpaired) electrons. The van der Waals surface area contributed by atoms with Crippen molar-refractivity contribution in [2.24, 2.45) is 0 Å². The number of rotatable bonds is 6. The van der Waals surface area contributed by atoms with Crippen LogP contribution in [0, 0.1) is 13.8 Å². The molecule has 0 aliphatic heterocycles. The smallest absolute Gasteiger partial charge is 0.163 e. The molecular formula is C26H23N3O. The second-order valence-electron chi connectivity index (χ2n) is 7.47. The summed E-state index contributed by atoms with van der Waals surface area (Å²) in [5.74, 6) is 0.0996. The van der Waals surface area contributed by atoms with Crippen molar-refractivity contribution in [2.75, 3.05) is 0 Å². The molecule has 0 saturated heterocycles. The van der Waals surface area contributed by atoms with Crippen molar-refractivity contribution in [3.05, 3.63) is 114 Å². The fourth-order valence-electron chi connectivity index (χ4n) is 3.76. The van der Waals surface area contributed by atoms with Gasteiger partial charge in [-0.25, -0.2) is 9.97 Å². The number of aromatic nitrogens is 3. The molecule has 4 aromatic rings. The molecule has 4 nitrogen and oxygen atoms in total. The van der Waals surface area contributed by atoms with Gasteiger partial charge in [-0.05, 0) is 48.2 Å². The lowest BCUT2D eigenvalue weighted by Gasteiger charge is -2.20. The maximum atomic E-state index is 13.1. The molecule has 1 atom stereocenters. The summed E-state index contributed by atoms with van der Waals surface area (Å²) >= 11 is 0. The van der Waals surface area contributed by atoms with E-state index in [4.69, 9.17) is 0 Å². The van der Waals surface area contributed by atoms with E-state index in [0.29, 0.717) is 12.0 Å². The minimum Gasteiger partial charge on any atom is -0.294 e. The molecule has 30 heavy (non-hydrogen) atoms. The summed E-state index contributed by atoms with van der Waals surface area (Å²) in [4.78, 5) is 25.5. The lowest BCUT2D eigenvalue weighted by atomic mass is 9.83. The molecule has 0 spiro atoms. The molecule has 0 aliphatic carbocycles. The highest BCUT2D eigenvalue weighted by Gasteiger charge is 2.21. The van der Waals surface area contributed by atoms with Crippen molar-refractivity contribution < 1.29 is 4.79 Å². The minimum atomic E-state index is -0.0201. The molecule has 1 unspecified atom stereocenters. The predicted octanol–water partition coefficient (Wildman–Crippen LogP) is 5.56. The number of hydrogen-bond acceptors (Lipinski definition) is 4. The normalized spacial score (nSPS) is 11.8. The first-order valence-corrected chi connectivity index (χ1v) is 9.98. The number of nitrogens with zero attached hydrogens (tertiary/aromatic N) is 3. The molecule has 0 aliphatic rings. The summed E-state index contributed by atoms with van der Waals surface area (Å²) in [7, 11) is 0. The van der Waals surface area contributed by atoms with Gasteiger partial charge >= 0.3 is 0 Å². The number of pyridine rings is 1. The largest absolute Gasteiger partial charge is 0.294 e. The molecule has 2 heterocycles. The van der Waals surface area contributed by atoms with Gasteiger partial charge in [-0.2, -0.15) is 0 Å². The van der Waals surface area contributed by atoms with E-state index in [9.17, 15) is 4.79 Å². The van der Waals surface area contributed by atoms with Crippen LogP contribution in [0.25, 0.3) is 11.1 Å². The molecule has 4 rings (SSSR count). The van der Waals surface area contributed by atoms with Gasteiger partial charge in [0.05, 0.1) is 0 Å². The lowest BCUT2D eigenvalue weighted by molar-refractivity contribution is 0.0977. The zero-order valence-corrected chi connectivity index (χ0v) is 17.1. The average Bonchev–Trinajstić information content (AvgIpc) is 2.79. The fraction of sp³-hybridized carbons (Fsp3) is 0.154. The SMILES string of the molecule is Cc1cc(C(=O)CC(c2ccc(-c3cncnc3)cc2)c2ccccc2C)ccn1. The molecule has 148 valence electrons. The maximum Gasteiger partial charge on any atom is 0.163 e. The van der Waals surface area contributed by atoms with Crippen LogP contribution in [0.1, 0.15) is 45.1 Å². The van der Waals surface area contributed by atoms with Crippen LogP contribution in [-0.2, 0) is 0 Å². The summed E-state index contributed by atoms with van der Waals surface area (Å²) in [6.07, 6.45) is 7.23. The molecule has 4 heteroatoms. The number of carbonyl (C=O) groups is 1. The van der Waals surface area contributed by atoms with E-state index in [1.54, 1.807) is 24.7 Å². The molecule has 2 aromatic heterocycles. The van der Waals surface area contributed by atoms with E-state index in [1.807, 2.05) is 25.1 Å². The van der Waals surface area contributed by atoms with Gasteiger partial charge < -0.3 is 0 Å². The Hall–Kier alpha value is -3.66. The van der Waals surface area contributed by atoms with Crippen LogP contribution in [0.4, 0.5) is 0 Å². The number of aryl methyl sites for hydroxylation is 2. The highest BCUT2D eigenvalue weighted by molar-refractivity contribution is 5.96. The van der Waals surface area contributed by atoms with Crippen LogP contribution in [0.3, 0.4) is 0 Å². The van der Waals surface area contributed by atoms with Crippen molar-refractivity contribution in [1.82, 2.24) is 15.0 Å². The van der Waals surface area contributed by atoms with Crippen LogP contribution in [0.5, 0.6) is 0 Å². The van der Waals surface area contributed by atoms with Crippen molar-refractivity contribution in [3.8, 4) is 11.1 Å². The summed E-state index contributed by atoms with van der Waals surface area (Å²) in [5.41, 5.74) is 7.05. The highest BCUT2D eigenvalue weighted by Crippen LogP contribution is 2.33. The Kier molecular flexibility index (Phi) is 5.75. The first-order valence-electron chi connectivity index (χ1n) is 9.98. The van der Waals surface area contributed by atoms with Crippen LogP contribution in [0.15, 0.2) is 85.6 Å². The van der Waals surface area contributed by atoms with E-state index in [1.165, 1.54) is 17.5 Å². The van der Waals surface area contributed by atoms with E-state index >= 15 is 0 Å². The first-order chi connectivity index (χ1) is 14.6. The Bertz CT molecular complexity index is 1150. The lowest BCUT2D eigenvalue weighted by Crippen LogP contribution is -2.11. The third-order valence-electron chi connectivity index (χ3n) is 5.38. The van der Waals surface area contributed by atoms with Gasteiger partial charge in [0.1, 0.15) is 6.33 Å². The van der Waals surface area contributed by atoms with Gasteiger partial charge in [-0.15, -0.1) is 0 Å². The van der Waals surface area contributed by atoms with E-state index in [0.717, 1.165) is 22.4 Å². The summed E-state index contributed by atoms with van der Waals surface area (Å²) < 4.78 is 0. The second kappa shape index (κ2) is 8.78. The number of Topliss-reactive ketones (excluding diaryl/α,β-unsaturated/α-hetero) is 1. The van der Waals surface area contributed by atoms with Crippen molar-refractivity contribution >= 4 is 5.78 Å². The summed E-state index contributed by atoms with van der Waals surface area (Å²) in [5, 5.41) is 0. The van der Waals surface area contributed by atoms with Crippen molar-refractivity contribution in [3.63, 3.8) is 0 Å². The Labute approximate surface area is 176 Å². The average molecular weight is 393 g/mol. The number of hydrogen-bond donors (Lipinski definition) is 0. The van der Waals surface area contributed by atoms with Gasteiger partial charge in [-0.1, -0.05) is 48.5 Å². The van der Waals surface area contributed by atoms with Crippen LogP contribution < -0.4 is 0 Å². The Morgan fingerprint density at radius 1 is 0.900 bits per heavy atom. The fourth-order valence-corrected chi connectivity index (χ4v) is 3.76. The monoisotopic (exact) mass is 393 g/mol. The maximum absolute atomic E-state index is 13.1. The van der Waals surface area contributed by atoms with Gasteiger partial charge in [0.2, 0.25) is 0 Å². The quantitative estimate of drug-likeness (QED) is 0.402. The number of benzene rings is 2. The van der Waals surface area contributed by atoms with Gasteiger partial charge in [0.15, 0.2) is 5.78 Å². The standard InChI is InChI=1S/C26H23N3O/c1-18-5-3-4-6-24(18)25(14-26(30)22-11-12-29-19(2)13-22)21-9-7-20(8-10-21)23-15-27-17-28-16-23/h3-13,15-17,25H,14H2,1-2H3. The zero-order valence-electron chi connectivity index (χ0n) is 17.1. The summed E-state index contributed by atoms with van der Waals surface area (Å²) in [6.45, 7) is 4.00. The van der Waals surface area contributed by atoms with E-state index < -0.39 is 0 Å². The number of carbonyl (C=O) groups excluding carboxylic acids is 1. The molecule has 0 fully saturated rings. The molecule has 2 aromatic carbocycles. The first kappa shape index (κ1) is 19.6. The van der Waals surface area contributed by atoms with E-state index in [2.05, 4.69) is 58.3 Å². The van der Waals surface area contributed by atoms with Crippen LogP contribution in [0.2, 0.25) is 0 Å². The minimum absolute atomic E-state index is 0.0201. The Morgan fingerprint density at radius 3 is 2.33 bits per heavy atom. The Balaban J connectivity index is 1.69. The van der Waals surface area contributed by atoms with Gasteiger partial charge in [-0.3, -0.25) is 9.78 Å². The highest BCUT2D eigenvalue weighted by atomic mass is 16.1. The molecule has 0 N–H and O–H groups in total. The summed E-state index contributed by atoms with van der Waals surface area (Å²) in [6, 6.07) is 20.3. The van der Waals surface area contributed by atoms with Crippen LogP contribution >= 0.6 is 0 Å². The second-order valence-corrected chi connectivity index (χ2v) is 7.47. The number of ketones is 1. The van der Waals surface area contributed by atoms with Gasteiger partial charge in [0, 0.05) is 47.8 Å². The Morgan fingerprint density at radius 2 is 1.63 bits per heavy atom. The molecule has 0 bridgehead atoms. The van der Waals surface area contributed by atoms with Crippen LogP contribution in [-0.4, -0.2) is 20.7 Å². The van der Waals surface area contributed by atoms with Gasteiger partial charge in [0.25, 0.3) is 0 Å². The predicted molar refractivity (Wildman–Crippen MR) is 118 cm³/mol. The zero-order chi connectivity index (χ0) is 20.9. The topological polar surface area (TPSA) is 55.7 Å². The van der Waals surface area contributed by atoms with Crippen molar-refractivity contribution in [1.29, 1.82) is 0 Å². The van der Waals surface area contributed by atoms with E-state index in [-0.39, 0.29) is 11.7 Å². The molecule has 0 saturated carbocycles.